The lowest BCUT2D eigenvalue weighted by Gasteiger charge is -2.39. The lowest BCUT2D eigenvalue weighted by atomic mass is 9.97. The second-order valence-electron chi connectivity index (χ2n) is 4.17. The SMILES string of the molecule is CCN1C(=O)CO[C@@H](C(N)=O)[C@H]1c1ccccc1. The van der Waals surface area contributed by atoms with Crippen LogP contribution in [0.2, 0.25) is 0 Å². The normalized spacial score (nSPS) is 24.1. The fourth-order valence-electron chi connectivity index (χ4n) is 2.27. The number of benzene rings is 1. The highest BCUT2D eigenvalue weighted by Crippen LogP contribution is 2.29. The van der Waals surface area contributed by atoms with Crippen LogP contribution in [-0.4, -0.2) is 36.0 Å². The molecular weight excluding hydrogens is 232 g/mol. The van der Waals surface area contributed by atoms with E-state index in [2.05, 4.69) is 0 Å². The van der Waals surface area contributed by atoms with Crippen LogP contribution >= 0.6 is 0 Å². The number of hydrogen-bond acceptors (Lipinski definition) is 3. The van der Waals surface area contributed by atoms with E-state index < -0.39 is 18.1 Å². The van der Waals surface area contributed by atoms with Crippen LogP contribution in [0, 0.1) is 0 Å². The molecule has 96 valence electrons. The average molecular weight is 248 g/mol. The van der Waals surface area contributed by atoms with Crippen molar-refractivity contribution < 1.29 is 14.3 Å². The first-order valence-electron chi connectivity index (χ1n) is 5.90. The summed E-state index contributed by atoms with van der Waals surface area (Å²) in [5.74, 6) is -0.668. The lowest BCUT2D eigenvalue weighted by molar-refractivity contribution is -0.162. The van der Waals surface area contributed by atoms with Crippen molar-refractivity contribution >= 4 is 11.8 Å². The van der Waals surface area contributed by atoms with E-state index in [4.69, 9.17) is 10.5 Å². The fraction of sp³-hybridized carbons (Fsp3) is 0.385. The van der Waals surface area contributed by atoms with Gasteiger partial charge in [0.05, 0.1) is 6.04 Å². The Balaban J connectivity index is 2.40. The van der Waals surface area contributed by atoms with Crippen LogP contribution in [-0.2, 0) is 14.3 Å². The Bertz CT molecular complexity index is 445. The molecule has 0 saturated carbocycles. The molecule has 0 radical (unpaired) electrons. The van der Waals surface area contributed by atoms with E-state index >= 15 is 0 Å². The number of carbonyl (C=O) groups excluding carboxylic acids is 2. The first-order valence-corrected chi connectivity index (χ1v) is 5.90. The standard InChI is InChI=1S/C13H16N2O3/c1-2-15-10(16)8-18-12(13(14)17)11(15)9-6-4-3-5-7-9/h3-7,11-12H,2,8H2,1H3,(H2,14,17)/t11-,12-/m1/s1. The highest BCUT2D eigenvalue weighted by atomic mass is 16.5. The van der Waals surface area contributed by atoms with Crippen molar-refractivity contribution in [2.24, 2.45) is 5.73 Å². The minimum absolute atomic E-state index is 0.0925. The van der Waals surface area contributed by atoms with Crippen molar-refractivity contribution in [1.82, 2.24) is 4.90 Å². The highest BCUT2D eigenvalue weighted by molar-refractivity contribution is 5.85. The molecule has 2 amide bonds. The van der Waals surface area contributed by atoms with Gasteiger partial charge in [0.2, 0.25) is 11.8 Å². The maximum atomic E-state index is 11.8. The summed E-state index contributed by atoms with van der Waals surface area (Å²) in [5.41, 5.74) is 6.21. The minimum atomic E-state index is -0.787. The van der Waals surface area contributed by atoms with Gasteiger partial charge in [-0.1, -0.05) is 30.3 Å². The largest absolute Gasteiger partial charge is 0.367 e. The Morgan fingerprint density at radius 3 is 2.67 bits per heavy atom. The molecule has 1 saturated heterocycles. The summed E-state index contributed by atoms with van der Waals surface area (Å²) in [6, 6.07) is 8.90. The maximum absolute atomic E-state index is 11.8. The molecule has 5 heteroatoms. The fourth-order valence-corrected chi connectivity index (χ4v) is 2.27. The molecule has 18 heavy (non-hydrogen) atoms. The van der Waals surface area contributed by atoms with E-state index in [1.807, 2.05) is 37.3 Å². The van der Waals surface area contributed by atoms with E-state index in [1.165, 1.54) is 0 Å². The van der Waals surface area contributed by atoms with Crippen LogP contribution < -0.4 is 5.73 Å². The third kappa shape index (κ3) is 2.22. The molecule has 0 spiro atoms. The first-order chi connectivity index (χ1) is 8.65. The van der Waals surface area contributed by atoms with Crippen LogP contribution in [0.5, 0.6) is 0 Å². The van der Waals surface area contributed by atoms with Gasteiger partial charge < -0.3 is 15.4 Å². The van der Waals surface area contributed by atoms with E-state index in [9.17, 15) is 9.59 Å². The number of amides is 2. The number of morpholine rings is 1. The molecule has 1 aromatic rings. The topological polar surface area (TPSA) is 72.6 Å². The Kier molecular flexibility index (Phi) is 3.62. The third-order valence-electron chi connectivity index (χ3n) is 3.09. The molecular formula is C13H16N2O3. The summed E-state index contributed by atoms with van der Waals surface area (Å²) in [7, 11) is 0. The summed E-state index contributed by atoms with van der Waals surface area (Å²) >= 11 is 0. The van der Waals surface area contributed by atoms with Crippen LogP contribution in [0.25, 0.3) is 0 Å². The van der Waals surface area contributed by atoms with E-state index in [0.717, 1.165) is 5.56 Å². The molecule has 0 unspecified atom stereocenters. The van der Waals surface area contributed by atoms with Crippen molar-refractivity contribution in [2.45, 2.75) is 19.1 Å². The first kappa shape index (κ1) is 12.6. The Morgan fingerprint density at radius 1 is 1.44 bits per heavy atom. The molecule has 1 aliphatic rings. The van der Waals surface area contributed by atoms with Gasteiger partial charge in [-0.2, -0.15) is 0 Å². The lowest BCUT2D eigenvalue weighted by Crippen LogP contribution is -2.53. The zero-order valence-corrected chi connectivity index (χ0v) is 10.2. The zero-order valence-electron chi connectivity index (χ0n) is 10.2. The summed E-state index contributed by atoms with van der Waals surface area (Å²) in [5, 5.41) is 0. The monoisotopic (exact) mass is 248 g/mol. The van der Waals surface area contributed by atoms with Gasteiger partial charge in [0.25, 0.3) is 0 Å². The van der Waals surface area contributed by atoms with Gasteiger partial charge in [-0.25, -0.2) is 0 Å². The number of hydrogen-bond donors (Lipinski definition) is 1. The molecule has 5 nitrogen and oxygen atoms in total. The molecule has 0 bridgehead atoms. The predicted molar refractivity (Wildman–Crippen MR) is 65.5 cm³/mol. The number of primary amides is 1. The average Bonchev–Trinajstić information content (AvgIpc) is 2.39. The van der Waals surface area contributed by atoms with Crippen LogP contribution in [0.1, 0.15) is 18.5 Å². The van der Waals surface area contributed by atoms with Gasteiger partial charge in [0.1, 0.15) is 6.61 Å². The molecule has 1 aliphatic heterocycles. The van der Waals surface area contributed by atoms with Crippen LogP contribution in [0.3, 0.4) is 0 Å². The van der Waals surface area contributed by atoms with Crippen molar-refractivity contribution in [3.63, 3.8) is 0 Å². The summed E-state index contributed by atoms with van der Waals surface area (Å²) in [4.78, 5) is 24.9. The minimum Gasteiger partial charge on any atom is -0.367 e. The van der Waals surface area contributed by atoms with Crippen molar-refractivity contribution in [3.8, 4) is 0 Å². The number of nitrogens with two attached hydrogens (primary N) is 1. The van der Waals surface area contributed by atoms with Crippen molar-refractivity contribution in [2.75, 3.05) is 13.2 Å². The molecule has 2 N–H and O–H groups in total. The third-order valence-corrected chi connectivity index (χ3v) is 3.09. The Labute approximate surface area is 106 Å². The highest BCUT2D eigenvalue weighted by Gasteiger charge is 2.39. The Morgan fingerprint density at radius 2 is 2.11 bits per heavy atom. The number of nitrogens with zero attached hydrogens (tertiary/aromatic N) is 1. The zero-order chi connectivity index (χ0) is 13.1. The van der Waals surface area contributed by atoms with E-state index in [1.54, 1.807) is 4.90 Å². The van der Waals surface area contributed by atoms with Crippen LogP contribution in [0.15, 0.2) is 30.3 Å². The quantitative estimate of drug-likeness (QED) is 0.844. The molecule has 1 aromatic carbocycles. The molecule has 2 atom stereocenters. The second-order valence-corrected chi connectivity index (χ2v) is 4.17. The van der Waals surface area contributed by atoms with E-state index in [-0.39, 0.29) is 12.5 Å². The number of likely N-dealkylation sites (N-methyl/N-ethyl adjacent to an activating group) is 1. The number of ether oxygens (including phenoxy) is 1. The summed E-state index contributed by atoms with van der Waals surface area (Å²) in [6.45, 7) is 2.30. The van der Waals surface area contributed by atoms with Gasteiger partial charge in [-0.15, -0.1) is 0 Å². The summed E-state index contributed by atoms with van der Waals surface area (Å²) in [6.07, 6.45) is -0.787. The predicted octanol–water partition coefficient (Wildman–Crippen LogP) is 0.460. The van der Waals surface area contributed by atoms with Crippen molar-refractivity contribution in [1.29, 1.82) is 0 Å². The van der Waals surface area contributed by atoms with Crippen molar-refractivity contribution in [3.05, 3.63) is 35.9 Å². The smallest absolute Gasteiger partial charge is 0.249 e. The number of rotatable bonds is 3. The van der Waals surface area contributed by atoms with Gasteiger partial charge in [0, 0.05) is 6.54 Å². The van der Waals surface area contributed by atoms with Gasteiger partial charge >= 0.3 is 0 Å². The molecule has 2 rings (SSSR count). The number of carbonyl (C=O) groups is 2. The molecule has 0 aromatic heterocycles. The van der Waals surface area contributed by atoms with Gasteiger partial charge in [-0.05, 0) is 12.5 Å². The summed E-state index contributed by atoms with van der Waals surface area (Å²) < 4.78 is 5.29. The molecule has 0 aliphatic carbocycles. The maximum Gasteiger partial charge on any atom is 0.249 e. The van der Waals surface area contributed by atoms with Crippen LogP contribution in [0.4, 0.5) is 0 Å². The Hall–Kier alpha value is -1.88. The molecule has 1 heterocycles. The van der Waals surface area contributed by atoms with Gasteiger partial charge in [0.15, 0.2) is 6.10 Å². The second kappa shape index (κ2) is 5.18. The van der Waals surface area contributed by atoms with E-state index in [0.29, 0.717) is 6.54 Å². The molecule has 1 fully saturated rings. The van der Waals surface area contributed by atoms with Gasteiger partial charge in [-0.3, -0.25) is 9.59 Å².